The van der Waals surface area contributed by atoms with Crippen LogP contribution in [0.2, 0.25) is 0 Å². The molecule has 3 nitrogen and oxygen atoms in total. The number of rotatable bonds is 2. The molecule has 0 aromatic carbocycles. The molecule has 1 aliphatic heterocycles. The van der Waals surface area contributed by atoms with Crippen LogP contribution in [0.3, 0.4) is 0 Å². The zero-order chi connectivity index (χ0) is 12.3. The molecule has 1 spiro atoms. The molecule has 96 valence electrons. The van der Waals surface area contributed by atoms with Crippen LogP contribution >= 0.6 is 23.5 Å². The quantitative estimate of drug-likeness (QED) is 0.775. The van der Waals surface area contributed by atoms with Gasteiger partial charge in [-0.15, -0.1) is 23.5 Å². The average Bonchev–Trinajstić information content (AvgIpc) is 2.59. The van der Waals surface area contributed by atoms with Gasteiger partial charge in [0, 0.05) is 23.3 Å². The van der Waals surface area contributed by atoms with Gasteiger partial charge in [0.1, 0.15) is 0 Å². The van der Waals surface area contributed by atoms with Crippen molar-refractivity contribution in [2.75, 3.05) is 18.1 Å². The van der Waals surface area contributed by atoms with Gasteiger partial charge in [0.15, 0.2) is 0 Å². The van der Waals surface area contributed by atoms with E-state index >= 15 is 0 Å². The van der Waals surface area contributed by atoms with E-state index in [1.165, 1.54) is 0 Å². The van der Waals surface area contributed by atoms with Crippen LogP contribution < -0.4 is 0 Å². The van der Waals surface area contributed by atoms with E-state index in [-0.39, 0.29) is 16.6 Å². The summed E-state index contributed by atoms with van der Waals surface area (Å²) in [5, 5.41) is 9.94. The van der Waals surface area contributed by atoms with Crippen LogP contribution in [0.25, 0.3) is 0 Å². The van der Waals surface area contributed by atoms with Crippen LogP contribution in [0.5, 0.6) is 0 Å². The second-order valence-corrected chi connectivity index (χ2v) is 7.88. The third kappa shape index (κ3) is 1.43. The molecule has 1 heterocycles. The largest absolute Gasteiger partial charge is 0.464 e. The highest BCUT2D eigenvalue weighted by Crippen LogP contribution is 2.75. The minimum atomic E-state index is -1.93. The molecule has 3 aliphatic rings. The summed E-state index contributed by atoms with van der Waals surface area (Å²) in [6.45, 7) is 1.86. The van der Waals surface area contributed by atoms with Gasteiger partial charge in [0.05, 0.1) is 16.8 Å². The molecular weight excluding hydrogens is 263 g/mol. The highest BCUT2D eigenvalue weighted by atomic mass is 32.2. The number of carbonyl (C=O) groups is 1. The van der Waals surface area contributed by atoms with Crippen LogP contribution in [0.1, 0.15) is 13.3 Å². The Labute approximate surface area is 108 Å². The molecule has 4 atom stereocenters. The number of aliphatic hydroxyl groups excluding tert-OH is 1. The molecule has 1 N–H and O–H groups in total. The molecule has 2 aliphatic carbocycles. The Morgan fingerprint density at radius 2 is 2.18 bits per heavy atom. The summed E-state index contributed by atoms with van der Waals surface area (Å²) in [6.07, 6.45) is -0.101. The number of hydrogen-bond donors (Lipinski definition) is 1. The number of ether oxygens (including phenoxy) is 1. The van der Waals surface area contributed by atoms with Crippen LogP contribution in [-0.4, -0.2) is 45.0 Å². The number of fused-ring (bicyclic) bond motifs is 2. The van der Waals surface area contributed by atoms with Gasteiger partial charge in [-0.05, 0) is 13.3 Å². The summed E-state index contributed by atoms with van der Waals surface area (Å²) < 4.78 is 19.2. The third-order valence-electron chi connectivity index (χ3n) is 3.93. The summed E-state index contributed by atoms with van der Waals surface area (Å²) in [5.74, 6) is 0.265. The Balaban J connectivity index is 1.85. The maximum atomic E-state index is 14.7. The molecular formula is C11H15FO3S2. The molecule has 0 unspecified atom stereocenters. The normalized spacial score (nSPS) is 45.9. The van der Waals surface area contributed by atoms with E-state index in [0.29, 0.717) is 6.42 Å². The van der Waals surface area contributed by atoms with Crippen molar-refractivity contribution in [3.8, 4) is 0 Å². The van der Waals surface area contributed by atoms with Crippen molar-refractivity contribution in [3.05, 3.63) is 0 Å². The number of halogens is 1. The van der Waals surface area contributed by atoms with Gasteiger partial charge in [-0.2, -0.15) is 0 Å². The fourth-order valence-corrected chi connectivity index (χ4v) is 7.06. The zero-order valence-corrected chi connectivity index (χ0v) is 11.2. The van der Waals surface area contributed by atoms with Gasteiger partial charge in [0.2, 0.25) is 5.67 Å². The summed E-state index contributed by atoms with van der Waals surface area (Å²) in [5.41, 5.74) is -1.93. The van der Waals surface area contributed by atoms with Crippen molar-refractivity contribution in [2.45, 2.75) is 29.2 Å². The molecule has 2 saturated carbocycles. The maximum Gasteiger partial charge on any atom is 0.344 e. The van der Waals surface area contributed by atoms with E-state index < -0.39 is 23.7 Å². The molecule has 1 saturated heterocycles. The second-order valence-electron chi connectivity index (χ2n) is 4.77. The standard InChI is InChI=1S/C11H15FO3S2/c1-2-15-9(14)11(12)7-6(13)5-10(8(7)11)16-3-4-17-10/h6-8,13H,2-5H2,1H3/t6-,7+,8+,11+/m1/s1. The van der Waals surface area contributed by atoms with E-state index in [0.717, 1.165) is 11.5 Å². The minimum absolute atomic E-state index is 0.188. The molecule has 6 heteroatoms. The topological polar surface area (TPSA) is 46.5 Å². The number of thioether (sulfide) groups is 2. The van der Waals surface area contributed by atoms with E-state index in [1.54, 1.807) is 30.4 Å². The number of hydrogen-bond acceptors (Lipinski definition) is 5. The predicted octanol–water partition coefficient (Wildman–Crippen LogP) is 1.44. The SMILES string of the molecule is CCOC(=O)[C@]1(F)[C@H]2[C@H](O)CC3(SCCS3)[C@H]21. The van der Waals surface area contributed by atoms with E-state index in [9.17, 15) is 14.3 Å². The predicted molar refractivity (Wildman–Crippen MR) is 65.7 cm³/mol. The molecule has 0 bridgehead atoms. The Morgan fingerprint density at radius 3 is 2.76 bits per heavy atom. The molecule has 0 amide bonds. The second kappa shape index (κ2) is 3.78. The van der Waals surface area contributed by atoms with E-state index in [2.05, 4.69) is 0 Å². The Kier molecular flexibility index (Phi) is 2.69. The van der Waals surface area contributed by atoms with Crippen molar-refractivity contribution >= 4 is 29.5 Å². The van der Waals surface area contributed by atoms with E-state index in [1.807, 2.05) is 0 Å². The molecule has 0 aromatic heterocycles. The lowest BCUT2D eigenvalue weighted by Gasteiger charge is -2.27. The highest BCUT2D eigenvalue weighted by Gasteiger charge is 2.84. The molecule has 3 rings (SSSR count). The fourth-order valence-electron chi connectivity index (χ4n) is 3.30. The van der Waals surface area contributed by atoms with Crippen LogP contribution in [0, 0.1) is 11.8 Å². The fraction of sp³-hybridized carbons (Fsp3) is 0.909. The maximum absolute atomic E-state index is 14.7. The first-order valence-electron chi connectivity index (χ1n) is 5.88. The Morgan fingerprint density at radius 1 is 1.53 bits per heavy atom. The van der Waals surface area contributed by atoms with Crippen molar-refractivity contribution in [1.29, 1.82) is 0 Å². The molecule has 3 fully saturated rings. The number of aliphatic hydroxyl groups is 1. The van der Waals surface area contributed by atoms with Gasteiger partial charge >= 0.3 is 5.97 Å². The van der Waals surface area contributed by atoms with Crippen molar-refractivity contribution < 1.29 is 19.0 Å². The smallest absolute Gasteiger partial charge is 0.344 e. The zero-order valence-electron chi connectivity index (χ0n) is 9.52. The van der Waals surface area contributed by atoms with Gasteiger partial charge in [0.25, 0.3) is 0 Å². The molecule has 0 radical (unpaired) electrons. The lowest BCUT2D eigenvalue weighted by Crippen LogP contribution is -2.36. The van der Waals surface area contributed by atoms with Crippen molar-refractivity contribution in [1.82, 2.24) is 0 Å². The third-order valence-corrected chi connectivity index (χ3v) is 7.53. The lowest BCUT2D eigenvalue weighted by molar-refractivity contribution is -0.153. The summed E-state index contributed by atoms with van der Waals surface area (Å²) >= 11 is 3.40. The van der Waals surface area contributed by atoms with Crippen LogP contribution in [0.15, 0.2) is 0 Å². The van der Waals surface area contributed by atoms with Gasteiger partial charge in [-0.1, -0.05) is 0 Å². The number of esters is 1. The van der Waals surface area contributed by atoms with Crippen molar-refractivity contribution in [3.63, 3.8) is 0 Å². The van der Waals surface area contributed by atoms with E-state index in [4.69, 9.17) is 4.74 Å². The minimum Gasteiger partial charge on any atom is -0.464 e. The average molecular weight is 278 g/mol. The van der Waals surface area contributed by atoms with Crippen LogP contribution in [-0.2, 0) is 9.53 Å². The lowest BCUT2D eigenvalue weighted by atomic mass is 10.1. The van der Waals surface area contributed by atoms with Crippen LogP contribution in [0.4, 0.5) is 4.39 Å². The first-order chi connectivity index (χ1) is 8.06. The van der Waals surface area contributed by atoms with Gasteiger partial charge in [-0.25, -0.2) is 9.18 Å². The molecule has 0 aromatic rings. The Bertz CT molecular complexity index is 359. The number of alkyl halides is 1. The summed E-state index contributed by atoms with van der Waals surface area (Å²) in [7, 11) is 0. The summed E-state index contributed by atoms with van der Waals surface area (Å²) in [4.78, 5) is 11.7. The monoisotopic (exact) mass is 278 g/mol. The number of carbonyl (C=O) groups excluding carboxylic acids is 1. The van der Waals surface area contributed by atoms with Gasteiger partial charge < -0.3 is 9.84 Å². The first kappa shape index (κ1) is 12.1. The van der Waals surface area contributed by atoms with Crippen molar-refractivity contribution in [2.24, 2.45) is 11.8 Å². The molecule has 17 heavy (non-hydrogen) atoms. The first-order valence-corrected chi connectivity index (χ1v) is 7.85. The highest BCUT2D eigenvalue weighted by molar-refractivity contribution is 8.21. The summed E-state index contributed by atoms with van der Waals surface area (Å²) in [6, 6.07) is 0. The Hall–Kier alpha value is 0.0600. The van der Waals surface area contributed by atoms with Gasteiger partial charge in [-0.3, -0.25) is 0 Å².